The Bertz CT molecular complexity index is 872. The zero-order chi connectivity index (χ0) is 17.7. The molecule has 2 N–H and O–H groups in total. The van der Waals surface area contributed by atoms with Crippen molar-refractivity contribution in [3.05, 3.63) is 71.3 Å². The molecular weight excluding hydrogens is 324 g/mol. The molecule has 0 aliphatic carbocycles. The second-order valence-electron chi connectivity index (χ2n) is 5.56. The summed E-state index contributed by atoms with van der Waals surface area (Å²) in [4.78, 5) is 12.2. The molecule has 0 saturated carbocycles. The zero-order valence-corrected chi connectivity index (χ0v) is 14.6. The second-order valence-corrected chi connectivity index (χ2v) is 7.70. The minimum Gasteiger partial charge on any atom is -0.229 e. The molecule has 0 aliphatic heterocycles. The van der Waals surface area contributed by atoms with Gasteiger partial charge in [0.2, 0.25) is 0 Å². The molecule has 0 heterocycles. The lowest BCUT2D eigenvalue weighted by Crippen LogP contribution is -2.35. The summed E-state index contributed by atoms with van der Waals surface area (Å²) in [5.41, 5.74) is 2.50. The van der Waals surface area contributed by atoms with E-state index in [-0.39, 0.29) is 18.1 Å². The van der Waals surface area contributed by atoms with E-state index in [1.54, 1.807) is 31.2 Å². The summed E-state index contributed by atoms with van der Waals surface area (Å²) < 4.78 is 24.6. The van der Waals surface area contributed by atoms with E-state index in [4.69, 9.17) is 5.84 Å². The van der Waals surface area contributed by atoms with E-state index in [0.717, 1.165) is 10.2 Å². The van der Waals surface area contributed by atoms with Gasteiger partial charge in [-0.3, -0.25) is 0 Å². The summed E-state index contributed by atoms with van der Waals surface area (Å²) in [6, 6.07) is 16.3. The molecule has 0 radical (unpaired) electrons. The van der Waals surface area contributed by atoms with E-state index < -0.39 is 9.84 Å². The van der Waals surface area contributed by atoms with Gasteiger partial charge >= 0.3 is 5.91 Å². The van der Waals surface area contributed by atoms with Crippen molar-refractivity contribution in [1.82, 2.24) is 0 Å². The predicted octanol–water partition coefficient (Wildman–Crippen LogP) is 1.89. The van der Waals surface area contributed by atoms with E-state index in [1.807, 2.05) is 30.3 Å². The van der Waals surface area contributed by atoms with Crippen LogP contribution in [0.5, 0.6) is 0 Å². The van der Waals surface area contributed by atoms with E-state index in [9.17, 15) is 13.2 Å². The number of nitrogens with two attached hydrogens (primary N) is 1. The molecule has 0 unspecified atom stereocenters. The first-order valence-corrected chi connectivity index (χ1v) is 9.65. The fourth-order valence-corrected chi connectivity index (χ4v) is 3.29. The maximum Gasteiger partial charge on any atom is 0.414 e. The number of benzene rings is 2. The van der Waals surface area contributed by atoms with Gasteiger partial charge in [-0.2, -0.15) is 0 Å². The van der Waals surface area contributed by atoms with Gasteiger partial charge in [0.05, 0.1) is 17.7 Å². The monoisotopic (exact) mass is 345 g/mol. The van der Waals surface area contributed by atoms with Gasteiger partial charge in [-0.1, -0.05) is 43.3 Å². The van der Waals surface area contributed by atoms with Gasteiger partial charge in [-0.05, 0) is 28.4 Å². The van der Waals surface area contributed by atoms with Gasteiger partial charge in [0, 0.05) is 11.8 Å². The number of hydrazone groups is 1. The van der Waals surface area contributed by atoms with Crippen LogP contribution in [0.25, 0.3) is 0 Å². The van der Waals surface area contributed by atoms with Crippen molar-refractivity contribution in [3.63, 3.8) is 0 Å². The van der Waals surface area contributed by atoms with E-state index >= 15 is 0 Å². The van der Waals surface area contributed by atoms with Crippen LogP contribution >= 0.6 is 0 Å². The van der Waals surface area contributed by atoms with Crippen LogP contribution in [0.2, 0.25) is 0 Å². The van der Waals surface area contributed by atoms with Crippen LogP contribution in [0.1, 0.15) is 30.0 Å². The minimum atomic E-state index is -3.22. The van der Waals surface area contributed by atoms with Crippen molar-refractivity contribution in [3.8, 4) is 0 Å². The Morgan fingerprint density at radius 2 is 1.62 bits per heavy atom. The van der Waals surface area contributed by atoms with Crippen molar-refractivity contribution in [2.45, 2.75) is 19.1 Å². The van der Waals surface area contributed by atoms with Crippen LogP contribution in [0.15, 0.2) is 54.6 Å². The van der Waals surface area contributed by atoms with Crippen molar-refractivity contribution in [1.29, 1.82) is 0 Å². The third kappa shape index (κ3) is 4.29. The Balaban J connectivity index is 2.73. The highest BCUT2D eigenvalue weighted by Gasteiger charge is 2.26. The molecule has 0 bridgehead atoms. The van der Waals surface area contributed by atoms with Crippen molar-refractivity contribution in [2.75, 3.05) is 6.26 Å². The molecule has 0 aromatic heterocycles. The number of rotatable bonds is 5. The second kappa shape index (κ2) is 7.40. The minimum absolute atomic E-state index is 0.117. The number of amides is 1. The predicted molar refractivity (Wildman–Crippen MR) is 94.4 cm³/mol. The average Bonchev–Trinajstić information content (AvgIpc) is 2.55. The molecule has 0 fully saturated rings. The smallest absolute Gasteiger partial charge is 0.229 e. The molecule has 6 heteroatoms. The molecule has 0 saturated heterocycles. The number of sulfone groups is 1. The lowest BCUT2D eigenvalue weighted by Gasteiger charge is -2.10. The molecule has 2 aromatic carbocycles. The van der Waals surface area contributed by atoms with Crippen LogP contribution in [0, 0.1) is 0 Å². The number of nitrogens with zero attached hydrogens (tertiary/aromatic N) is 1. The van der Waals surface area contributed by atoms with Gasteiger partial charge in [-0.25, -0.2) is 19.1 Å². The molecule has 0 spiro atoms. The summed E-state index contributed by atoms with van der Waals surface area (Å²) >= 11 is 0. The van der Waals surface area contributed by atoms with Crippen molar-refractivity contribution >= 4 is 21.5 Å². The SMILES string of the molecule is CCC(=O)[N+](N)=C(c1ccccc1)c1ccccc1CS(C)(=O)=O. The highest BCUT2D eigenvalue weighted by molar-refractivity contribution is 7.89. The highest BCUT2D eigenvalue weighted by Crippen LogP contribution is 2.17. The summed E-state index contributed by atoms with van der Waals surface area (Å²) in [6.45, 7) is 1.73. The topological polar surface area (TPSA) is 80.2 Å². The highest BCUT2D eigenvalue weighted by atomic mass is 32.2. The summed E-state index contributed by atoms with van der Waals surface area (Å²) in [7, 11) is -3.22. The quantitative estimate of drug-likeness (QED) is 0.295. The maximum absolute atomic E-state index is 12.2. The third-order valence-electron chi connectivity index (χ3n) is 3.55. The Morgan fingerprint density at radius 1 is 1.04 bits per heavy atom. The van der Waals surface area contributed by atoms with Gasteiger partial charge in [-0.15, -0.1) is 0 Å². The van der Waals surface area contributed by atoms with Crippen LogP contribution in [0.3, 0.4) is 0 Å². The Labute approximate surface area is 142 Å². The number of carbonyl (C=O) groups excluding carboxylic acids is 1. The van der Waals surface area contributed by atoms with Crippen LogP contribution in [-0.2, 0) is 20.4 Å². The molecule has 2 rings (SSSR count). The molecule has 126 valence electrons. The van der Waals surface area contributed by atoms with E-state index in [1.165, 1.54) is 6.26 Å². The fraction of sp³-hybridized carbons (Fsp3) is 0.222. The standard InChI is InChI=1S/C18H21N2O3S/c1-3-17(21)20(19)18(14-9-5-4-6-10-14)16-12-8-7-11-15(16)13-24(2,22)23/h4-12H,3,13,19H2,1-2H3/q+1. The van der Waals surface area contributed by atoms with Crippen molar-refractivity contribution < 1.29 is 17.9 Å². The van der Waals surface area contributed by atoms with Crippen LogP contribution in [-0.4, -0.2) is 31.0 Å². The molecule has 24 heavy (non-hydrogen) atoms. The number of hydrogen-bond acceptors (Lipinski definition) is 4. The zero-order valence-electron chi connectivity index (χ0n) is 13.8. The fourth-order valence-electron chi connectivity index (χ4n) is 2.48. The van der Waals surface area contributed by atoms with Gasteiger partial charge in [0.25, 0.3) is 5.71 Å². The van der Waals surface area contributed by atoms with E-state index in [0.29, 0.717) is 16.8 Å². The van der Waals surface area contributed by atoms with Gasteiger partial charge in [0.15, 0.2) is 9.84 Å². The number of carbonyl (C=O) groups is 1. The van der Waals surface area contributed by atoms with Crippen molar-refractivity contribution in [2.24, 2.45) is 5.84 Å². The van der Waals surface area contributed by atoms with Gasteiger partial charge in [0.1, 0.15) is 0 Å². The lowest BCUT2D eigenvalue weighted by atomic mass is 9.98. The summed E-state index contributed by atoms with van der Waals surface area (Å²) in [5.74, 6) is 5.70. The Morgan fingerprint density at radius 3 is 2.21 bits per heavy atom. The maximum atomic E-state index is 12.2. The average molecular weight is 345 g/mol. The first-order chi connectivity index (χ1) is 11.3. The first kappa shape index (κ1) is 17.9. The molecular formula is C18H21N2O3S+. The largest absolute Gasteiger partial charge is 0.414 e. The van der Waals surface area contributed by atoms with Gasteiger partial charge < -0.3 is 0 Å². The molecule has 0 atom stereocenters. The van der Waals surface area contributed by atoms with Crippen LogP contribution < -0.4 is 5.84 Å². The number of hydrazine groups is 1. The molecule has 2 aromatic rings. The first-order valence-electron chi connectivity index (χ1n) is 7.59. The lowest BCUT2D eigenvalue weighted by molar-refractivity contribution is -0.458. The summed E-state index contributed by atoms with van der Waals surface area (Å²) in [6.07, 6.45) is 1.43. The number of hydrogen-bond donors (Lipinski definition) is 1. The molecule has 5 nitrogen and oxygen atoms in total. The van der Waals surface area contributed by atoms with E-state index in [2.05, 4.69) is 0 Å². The Kier molecular flexibility index (Phi) is 5.51. The Hall–Kier alpha value is -2.47. The third-order valence-corrected chi connectivity index (χ3v) is 4.38. The molecule has 0 aliphatic rings. The molecule has 1 amide bonds. The summed E-state index contributed by atoms with van der Waals surface area (Å²) in [5, 5.41) is 0. The normalized spacial score (nSPS) is 12.6. The van der Waals surface area contributed by atoms with Crippen LogP contribution in [0.4, 0.5) is 0 Å².